The maximum atomic E-state index is 13.7. The van der Waals surface area contributed by atoms with Crippen molar-refractivity contribution in [1.82, 2.24) is 20.1 Å². The maximum absolute atomic E-state index is 13.7. The highest BCUT2D eigenvalue weighted by molar-refractivity contribution is 7.81. The van der Waals surface area contributed by atoms with E-state index in [-0.39, 0.29) is 42.4 Å². The van der Waals surface area contributed by atoms with E-state index in [0.29, 0.717) is 55.3 Å². The van der Waals surface area contributed by atoms with Crippen LogP contribution < -0.4 is 30.5 Å². The topological polar surface area (TPSA) is 163 Å². The lowest BCUT2D eigenvalue weighted by molar-refractivity contribution is -0.138. The van der Waals surface area contributed by atoms with Crippen molar-refractivity contribution in [2.45, 2.75) is 76.3 Å². The number of hydrogen-bond acceptors (Lipinski definition) is 12. The van der Waals surface area contributed by atoms with Crippen molar-refractivity contribution in [3.8, 4) is 11.8 Å². The number of anilines is 4. The summed E-state index contributed by atoms with van der Waals surface area (Å²) in [6.45, 7) is 10.8. The van der Waals surface area contributed by atoms with Crippen molar-refractivity contribution >= 4 is 59.0 Å². The number of nitrogens with zero attached hydrogens (tertiary/aromatic N) is 6. The molecule has 0 saturated carbocycles. The number of aromatic nitrogens is 1. The molecule has 3 fully saturated rings. The zero-order valence-electron chi connectivity index (χ0n) is 32.6. The van der Waals surface area contributed by atoms with Crippen LogP contribution >= 0.6 is 12.6 Å². The standard InChI is InChI=1S/C40H46F3N9O5S/c1-5-25-17-28(52-38(58)51(37(56)39(52,3)4)29-19-30(40(41,42)43)32(20-44)45-21-29)9-11-33(25)57-16-15-49-13-14-50(24(2)22-49)23-35(54)47-27-8-6-7-26(18-27)46-31-10-12-34(53)48-36(31)55/h6-9,11,17-19,21,24,31,38,46,58H,5,10,12-16,22-23H2,1-4H3,(H,47,54)(H,48,53,55)/t24-,31+,38+/m1/s1. The number of hydrogen-bond donors (Lipinski definition) is 4. The summed E-state index contributed by atoms with van der Waals surface area (Å²) in [4.78, 5) is 61.3. The van der Waals surface area contributed by atoms with E-state index in [1.165, 1.54) is 6.07 Å². The molecule has 0 aliphatic carbocycles. The SMILES string of the molecule is CCc1cc(N2[C@@H](S)N(c3cnc(C#N)c(C(F)(F)F)c3)C(=O)C2(C)C)ccc1OCCN1CCN(CC(=O)Nc2cccc(N[C@H]3CCC(=O)NC3=O)c2)[C@H](C)C1. The summed E-state index contributed by atoms with van der Waals surface area (Å²) in [5, 5.41) is 17.6. The fraction of sp³-hybridized carbons (Fsp3) is 0.450. The number of pyridine rings is 1. The van der Waals surface area contributed by atoms with E-state index in [9.17, 15) is 37.6 Å². The first kappa shape index (κ1) is 42.2. The number of thiol groups is 1. The number of carbonyl (C=O) groups excluding carboxylic acids is 4. The van der Waals surface area contributed by atoms with Crippen molar-refractivity contribution < 1.29 is 37.1 Å². The van der Waals surface area contributed by atoms with E-state index in [1.54, 1.807) is 49.1 Å². The first-order valence-corrected chi connectivity index (χ1v) is 19.5. The number of benzene rings is 2. The molecule has 0 spiro atoms. The van der Waals surface area contributed by atoms with Crippen LogP contribution in [0.25, 0.3) is 0 Å². The maximum Gasteiger partial charge on any atom is 0.419 e. The van der Waals surface area contributed by atoms with E-state index < -0.39 is 40.4 Å². The lowest BCUT2D eigenvalue weighted by Gasteiger charge is -2.39. The Morgan fingerprint density at radius 2 is 1.86 bits per heavy atom. The van der Waals surface area contributed by atoms with Crippen LogP contribution in [0, 0.1) is 11.3 Å². The molecule has 2 aromatic carbocycles. The van der Waals surface area contributed by atoms with Crippen LogP contribution in [-0.2, 0) is 31.8 Å². The number of rotatable bonds is 12. The molecule has 0 unspecified atom stereocenters. The summed E-state index contributed by atoms with van der Waals surface area (Å²) in [6, 6.07) is 14.4. The van der Waals surface area contributed by atoms with Gasteiger partial charge in [-0.05, 0) is 81.6 Å². The van der Waals surface area contributed by atoms with Gasteiger partial charge in [0, 0.05) is 55.7 Å². The second-order valence-electron chi connectivity index (χ2n) is 15.0. The van der Waals surface area contributed by atoms with Crippen molar-refractivity contribution in [2.24, 2.45) is 0 Å². The minimum Gasteiger partial charge on any atom is -0.492 e. The van der Waals surface area contributed by atoms with Gasteiger partial charge in [-0.1, -0.05) is 13.0 Å². The number of ether oxygens (including phenoxy) is 1. The average Bonchev–Trinajstić information content (AvgIpc) is 3.35. The molecule has 3 N–H and O–H groups in total. The van der Waals surface area contributed by atoms with Crippen LogP contribution in [0.1, 0.15) is 57.4 Å². The number of piperazine rings is 1. The summed E-state index contributed by atoms with van der Waals surface area (Å²) in [5.41, 5.74) is -1.52. The normalized spacial score (nSPS) is 21.4. The van der Waals surface area contributed by atoms with Crippen molar-refractivity contribution in [1.29, 1.82) is 5.26 Å². The Morgan fingerprint density at radius 1 is 1.10 bits per heavy atom. The van der Waals surface area contributed by atoms with Gasteiger partial charge in [0.1, 0.15) is 30.0 Å². The Morgan fingerprint density at radius 3 is 2.55 bits per heavy atom. The minimum atomic E-state index is -4.84. The van der Waals surface area contributed by atoms with Gasteiger partial charge in [-0.2, -0.15) is 18.4 Å². The molecule has 308 valence electrons. The van der Waals surface area contributed by atoms with E-state index >= 15 is 0 Å². The molecule has 0 bridgehead atoms. The van der Waals surface area contributed by atoms with Gasteiger partial charge in [-0.3, -0.25) is 39.2 Å². The van der Waals surface area contributed by atoms with E-state index in [4.69, 9.17) is 17.4 Å². The third-order valence-electron chi connectivity index (χ3n) is 10.7. The first-order valence-electron chi connectivity index (χ1n) is 19.0. The Kier molecular flexibility index (Phi) is 12.5. The Hall–Kier alpha value is -5.38. The fourth-order valence-electron chi connectivity index (χ4n) is 7.53. The van der Waals surface area contributed by atoms with Gasteiger partial charge in [-0.25, -0.2) is 4.98 Å². The zero-order chi connectivity index (χ0) is 41.9. The molecular weight excluding hydrogens is 776 g/mol. The van der Waals surface area contributed by atoms with Crippen LogP contribution in [0.15, 0.2) is 54.7 Å². The van der Waals surface area contributed by atoms with Crippen LogP contribution in [0.4, 0.5) is 35.9 Å². The zero-order valence-corrected chi connectivity index (χ0v) is 33.5. The lowest BCUT2D eigenvalue weighted by Crippen LogP contribution is -2.54. The van der Waals surface area contributed by atoms with E-state index in [2.05, 4.69) is 37.7 Å². The van der Waals surface area contributed by atoms with Gasteiger partial charge in [0.2, 0.25) is 17.7 Å². The summed E-state index contributed by atoms with van der Waals surface area (Å²) in [7, 11) is 0. The second kappa shape index (κ2) is 17.2. The van der Waals surface area contributed by atoms with Crippen molar-refractivity contribution in [3.63, 3.8) is 0 Å². The first-order chi connectivity index (χ1) is 27.5. The number of halogens is 3. The number of piperidine rings is 1. The Bertz CT molecular complexity index is 2110. The van der Waals surface area contributed by atoms with Crippen molar-refractivity contribution in [3.05, 3.63) is 71.5 Å². The molecule has 4 amide bonds. The van der Waals surface area contributed by atoms with Gasteiger partial charge in [0.25, 0.3) is 5.91 Å². The molecule has 3 aromatic rings. The summed E-state index contributed by atoms with van der Waals surface area (Å²) in [6.07, 6.45) is -2.49. The number of imide groups is 1. The second-order valence-corrected chi connectivity index (χ2v) is 15.5. The summed E-state index contributed by atoms with van der Waals surface area (Å²) < 4.78 is 47.5. The molecule has 3 aliphatic heterocycles. The molecular formula is C40H46F3N9O5S. The molecule has 4 heterocycles. The third-order valence-corrected chi connectivity index (χ3v) is 11.1. The summed E-state index contributed by atoms with van der Waals surface area (Å²) in [5.74, 6) is -0.613. The minimum absolute atomic E-state index is 0.103. The van der Waals surface area contributed by atoms with Gasteiger partial charge < -0.3 is 20.3 Å². The molecule has 18 heteroatoms. The highest BCUT2D eigenvalue weighted by Gasteiger charge is 2.52. The predicted octanol–water partition coefficient (Wildman–Crippen LogP) is 4.62. The van der Waals surface area contributed by atoms with E-state index in [0.717, 1.165) is 35.8 Å². The predicted molar refractivity (Wildman–Crippen MR) is 214 cm³/mol. The van der Waals surface area contributed by atoms with E-state index in [1.807, 2.05) is 19.1 Å². The number of nitrogens with one attached hydrogen (secondary N) is 3. The van der Waals surface area contributed by atoms with Crippen LogP contribution in [0.5, 0.6) is 5.75 Å². The summed E-state index contributed by atoms with van der Waals surface area (Å²) >= 11 is 4.69. The third kappa shape index (κ3) is 9.16. The number of amides is 4. The molecule has 3 saturated heterocycles. The smallest absolute Gasteiger partial charge is 0.419 e. The van der Waals surface area contributed by atoms with Gasteiger partial charge in [0.15, 0.2) is 11.2 Å². The molecule has 14 nitrogen and oxygen atoms in total. The molecule has 3 aliphatic rings. The lowest BCUT2D eigenvalue weighted by atomic mass is 10.0. The van der Waals surface area contributed by atoms with Gasteiger partial charge in [0.05, 0.1) is 24.0 Å². The average molecular weight is 822 g/mol. The number of carbonyl (C=O) groups is 4. The number of nitriles is 1. The molecule has 6 rings (SSSR count). The molecule has 0 radical (unpaired) electrons. The van der Waals surface area contributed by atoms with Gasteiger partial charge in [-0.15, -0.1) is 12.6 Å². The molecule has 3 atom stereocenters. The van der Waals surface area contributed by atoms with Gasteiger partial charge >= 0.3 is 6.18 Å². The number of alkyl halides is 3. The number of aryl methyl sites for hydroxylation is 1. The highest BCUT2D eigenvalue weighted by Crippen LogP contribution is 2.43. The van der Waals surface area contributed by atoms with Crippen LogP contribution in [-0.4, -0.2) is 101 Å². The van der Waals surface area contributed by atoms with Crippen molar-refractivity contribution in [2.75, 3.05) is 59.8 Å². The van der Waals surface area contributed by atoms with Crippen LogP contribution in [0.3, 0.4) is 0 Å². The Balaban J connectivity index is 1.01. The fourth-order valence-corrected chi connectivity index (χ4v) is 8.19. The Labute approximate surface area is 340 Å². The van der Waals surface area contributed by atoms with Crippen LogP contribution in [0.2, 0.25) is 0 Å². The quantitative estimate of drug-likeness (QED) is 0.149. The monoisotopic (exact) mass is 821 g/mol. The largest absolute Gasteiger partial charge is 0.492 e. The molecule has 1 aromatic heterocycles. The molecule has 58 heavy (non-hydrogen) atoms. The highest BCUT2D eigenvalue weighted by atomic mass is 32.1.